The molecule has 8 aromatic rings. The average Bonchev–Trinajstić information content (AvgIpc) is 3.26. The highest BCUT2D eigenvalue weighted by Gasteiger charge is 2.08. The molecule has 0 aliphatic rings. The van der Waals surface area contributed by atoms with Crippen molar-refractivity contribution in [3.8, 4) is 22.3 Å². The van der Waals surface area contributed by atoms with E-state index in [1.54, 1.807) is 24.3 Å². The molecule has 0 unspecified atom stereocenters. The van der Waals surface area contributed by atoms with E-state index in [0.29, 0.717) is 10.5 Å². The van der Waals surface area contributed by atoms with Crippen LogP contribution < -0.4 is 16.5 Å². The molecule has 0 spiro atoms. The normalized spacial score (nSPS) is 9.76. The molecule has 4 nitrogen and oxygen atoms in total. The van der Waals surface area contributed by atoms with Gasteiger partial charge in [0.25, 0.3) is 0 Å². The van der Waals surface area contributed by atoms with Crippen LogP contribution in [0.15, 0.2) is 215 Å². The summed E-state index contributed by atoms with van der Waals surface area (Å²) < 4.78 is 3.07. The van der Waals surface area contributed by atoms with Crippen molar-refractivity contribution in [3.05, 3.63) is 234 Å². The molecule has 0 amide bonds. The lowest BCUT2D eigenvalue weighted by Crippen LogP contribution is -2.29. The molecule has 0 aromatic heterocycles. The molecular formula is C48H39BBr2Cl3IN2O2. The van der Waals surface area contributed by atoms with E-state index in [4.69, 9.17) is 50.6 Å². The first-order valence-electron chi connectivity index (χ1n) is 18.0. The first-order chi connectivity index (χ1) is 28.5. The van der Waals surface area contributed by atoms with Gasteiger partial charge in [-0.15, -0.1) is 0 Å². The van der Waals surface area contributed by atoms with Crippen molar-refractivity contribution >= 4 is 119 Å². The summed E-state index contributed by atoms with van der Waals surface area (Å²) in [4.78, 5) is 0. The molecule has 0 saturated carbocycles. The van der Waals surface area contributed by atoms with Gasteiger partial charge in [0.2, 0.25) is 0 Å². The predicted octanol–water partition coefficient (Wildman–Crippen LogP) is 14.9. The number of hydrogen-bond donors (Lipinski definition) is 4. The van der Waals surface area contributed by atoms with E-state index < -0.39 is 7.12 Å². The Morgan fingerprint density at radius 3 is 1.27 bits per heavy atom. The van der Waals surface area contributed by atoms with Crippen LogP contribution in [0, 0.1) is 3.57 Å². The van der Waals surface area contributed by atoms with Gasteiger partial charge in [-0.05, 0) is 149 Å². The van der Waals surface area contributed by atoms with Crippen molar-refractivity contribution in [2.24, 2.45) is 0 Å². The molecule has 0 atom stereocenters. The number of rotatable bonds is 5. The first-order valence-corrected chi connectivity index (χ1v) is 21.8. The summed E-state index contributed by atoms with van der Waals surface area (Å²) in [6.45, 7) is 0. The summed E-state index contributed by atoms with van der Waals surface area (Å²) >= 11 is 26.9. The zero-order valence-corrected chi connectivity index (χ0v) is 39.0. The summed E-state index contributed by atoms with van der Waals surface area (Å²) in [5.41, 5.74) is 13.3. The quantitative estimate of drug-likeness (QED) is 0.0599. The average molecular weight is 1080 g/mol. The van der Waals surface area contributed by atoms with E-state index in [-0.39, 0.29) is 0 Å². The Morgan fingerprint density at radius 2 is 0.864 bits per heavy atom. The van der Waals surface area contributed by atoms with Crippen molar-refractivity contribution < 1.29 is 10.0 Å². The van der Waals surface area contributed by atoms with E-state index in [0.717, 1.165) is 41.6 Å². The lowest BCUT2D eigenvalue weighted by Gasteiger charge is -2.10. The van der Waals surface area contributed by atoms with Gasteiger partial charge in [-0.2, -0.15) is 0 Å². The van der Waals surface area contributed by atoms with Crippen LogP contribution in [0.2, 0.25) is 15.1 Å². The van der Waals surface area contributed by atoms with Crippen LogP contribution in [0.5, 0.6) is 0 Å². The van der Waals surface area contributed by atoms with Crippen LogP contribution in [0.4, 0.5) is 17.1 Å². The lowest BCUT2D eigenvalue weighted by atomic mass is 9.81. The molecule has 0 heterocycles. The molecule has 0 radical (unpaired) electrons. The SMILES string of the molecule is Clc1ccc(-c2ccccc2)cc1Br.Clc1ccc(-c2ccccc2)cc1Nc1ccccc1.Clc1ccc(I)cc1Br.Nc1ccccc1.OB(O)c1ccccc1. The van der Waals surface area contributed by atoms with E-state index >= 15 is 0 Å². The smallest absolute Gasteiger partial charge is 0.423 e. The van der Waals surface area contributed by atoms with Gasteiger partial charge >= 0.3 is 7.12 Å². The second-order valence-corrected chi connectivity index (χ2v) is 16.5. The first kappa shape index (κ1) is 47.6. The van der Waals surface area contributed by atoms with Crippen molar-refractivity contribution in [2.75, 3.05) is 11.1 Å². The summed E-state index contributed by atoms with van der Waals surface area (Å²) in [7, 11) is -1.34. The van der Waals surface area contributed by atoms with Crippen molar-refractivity contribution in [2.45, 2.75) is 0 Å². The molecule has 59 heavy (non-hydrogen) atoms. The standard InChI is InChI=1S/C18H14ClN.C12H8BrCl.C6H7BO2.C6H3BrClI.C6H7N/c19-17-12-11-15(14-7-3-1-4-8-14)13-18(17)20-16-9-5-2-6-10-16;13-11-8-10(6-7-12(11)14)9-4-2-1-3-5-9;8-7(9)6-4-2-1-3-5-6;7-5-3-4(9)1-2-6(5)8;7-6-4-2-1-3-5-6/h1-13,20H;1-8H;1-5,8-9H;1-3H;1-5H,7H2. The number of hydrogen-bond acceptors (Lipinski definition) is 4. The Balaban J connectivity index is 0.000000173. The fraction of sp³-hybridized carbons (Fsp3) is 0. The number of nitrogens with two attached hydrogens (primary N) is 1. The van der Waals surface area contributed by atoms with Gasteiger partial charge in [0.15, 0.2) is 0 Å². The molecule has 0 fully saturated rings. The van der Waals surface area contributed by atoms with Gasteiger partial charge in [-0.1, -0.05) is 174 Å². The van der Waals surface area contributed by atoms with Crippen molar-refractivity contribution in [1.29, 1.82) is 0 Å². The monoisotopic (exact) mass is 1080 g/mol. The molecule has 8 aromatic carbocycles. The highest BCUT2D eigenvalue weighted by atomic mass is 127. The fourth-order valence-electron chi connectivity index (χ4n) is 4.96. The summed E-state index contributed by atoms with van der Waals surface area (Å²) in [5.74, 6) is 0. The maximum atomic E-state index is 8.58. The van der Waals surface area contributed by atoms with Gasteiger partial charge in [0.05, 0.1) is 20.8 Å². The molecule has 8 rings (SSSR count). The molecule has 298 valence electrons. The Morgan fingerprint density at radius 1 is 0.458 bits per heavy atom. The molecule has 11 heteroatoms. The molecule has 0 aliphatic carbocycles. The highest BCUT2D eigenvalue weighted by molar-refractivity contribution is 14.1. The van der Waals surface area contributed by atoms with E-state index in [1.165, 1.54) is 20.3 Å². The van der Waals surface area contributed by atoms with E-state index in [9.17, 15) is 0 Å². The third kappa shape index (κ3) is 17.6. The van der Waals surface area contributed by atoms with Crippen LogP contribution in [0.25, 0.3) is 22.3 Å². The number of anilines is 3. The summed E-state index contributed by atoms with van der Waals surface area (Å²) in [5, 5.41) is 22.7. The minimum absolute atomic E-state index is 0.525. The largest absolute Gasteiger partial charge is 0.488 e. The Hall–Kier alpha value is -4.10. The van der Waals surface area contributed by atoms with Crippen LogP contribution in [0.3, 0.4) is 0 Å². The minimum atomic E-state index is -1.34. The zero-order valence-electron chi connectivity index (χ0n) is 31.4. The Kier molecular flexibility index (Phi) is 21.1. The van der Waals surface area contributed by atoms with Gasteiger partial charge < -0.3 is 21.1 Å². The summed E-state index contributed by atoms with van der Waals surface area (Å²) in [6, 6.07) is 66.4. The van der Waals surface area contributed by atoms with Gasteiger partial charge in [0.1, 0.15) is 0 Å². The number of nitrogen functional groups attached to an aromatic ring is 1. The van der Waals surface area contributed by atoms with Crippen LogP contribution >= 0.6 is 89.3 Å². The van der Waals surface area contributed by atoms with Crippen LogP contribution in [-0.4, -0.2) is 17.2 Å². The number of nitrogens with one attached hydrogen (secondary N) is 1. The molecular weight excluding hydrogens is 1040 g/mol. The highest BCUT2D eigenvalue weighted by Crippen LogP contribution is 2.31. The predicted molar refractivity (Wildman–Crippen MR) is 270 cm³/mol. The maximum Gasteiger partial charge on any atom is 0.488 e. The molecule has 5 N–H and O–H groups in total. The number of para-hydroxylation sites is 2. The number of halogens is 6. The molecule has 0 saturated heterocycles. The van der Waals surface area contributed by atoms with Gasteiger partial charge in [0, 0.05) is 23.9 Å². The second-order valence-electron chi connectivity index (χ2n) is 12.3. The van der Waals surface area contributed by atoms with Crippen LogP contribution in [-0.2, 0) is 0 Å². The Labute approximate surface area is 392 Å². The van der Waals surface area contributed by atoms with E-state index in [2.05, 4.69) is 90.1 Å². The van der Waals surface area contributed by atoms with E-state index in [1.807, 2.05) is 152 Å². The summed E-state index contributed by atoms with van der Waals surface area (Å²) in [6.07, 6.45) is 0. The number of benzene rings is 8. The Bertz CT molecular complexity index is 2420. The van der Waals surface area contributed by atoms with Crippen LogP contribution in [0.1, 0.15) is 0 Å². The second kappa shape index (κ2) is 26.2. The minimum Gasteiger partial charge on any atom is -0.423 e. The van der Waals surface area contributed by atoms with Crippen molar-refractivity contribution in [1.82, 2.24) is 0 Å². The third-order valence-electron chi connectivity index (χ3n) is 7.93. The third-order valence-corrected chi connectivity index (χ3v) is 11.4. The zero-order chi connectivity index (χ0) is 42.4. The van der Waals surface area contributed by atoms with Crippen molar-refractivity contribution in [3.63, 3.8) is 0 Å². The molecule has 0 bridgehead atoms. The van der Waals surface area contributed by atoms with Gasteiger partial charge in [-0.3, -0.25) is 0 Å². The lowest BCUT2D eigenvalue weighted by molar-refractivity contribution is 0.426. The topological polar surface area (TPSA) is 78.5 Å². The van der Waals surface area contributed by atoms with Gasteiger partial charge in [-0.25, -0.2) is 0 Å². The fourth-order valence-corrected chi connectivity index (χ4v) is 7.04. The molecule has 0 aliphatic heterocycles. The maximum absolute atomic E-state index is 8.58.